The molecule has 7 aromatic carbocycles. The van der Waals surface area contributed by atoms with E-state index in [2.05, 4.69) is 69.0 Å². The van der Waals surface area contributed by atoms with Crippen molar-refractivity contribution in [2.45, 2.75) is 0 Å². The van der Waals surface area contributed by atoms with Crippen LogP contribution in [-0.2, 0) is 0 Å². The van der Waals surface area contributed by atoms with E-state index in [9.17, 15) is 9.59 Å². The third-order valence-electron chi connectivity index (χ3n) is 9.28. The summed E-state index contributed by atoms with van der Waals surface area (Å²) in [6, 6.07) is 55.0. The molecule has 2 aliphatic heterocycles. The molecule has 7 aromatic rings. The molecule has 0 aromatic heterocycles. The molecule has 2 heterocycles. The van der Waals surface area contributed by atoms with Crippen molar-refractivity contribution in [3.8, 4) is 0 Å². The van der Waals surface area contributed by atoms with E-state index in [0.717, 1.165) is 56.9 Å². The molecule has 9 rings (SSSR count). The van der Waals surface area contributed by atoms with Gasteiger partial charge < -0.3 is 20.4 Å². The summed E-state index contributed by atoms with van der Waals surface area (Å²) in [5.74, 6) is -0.280. The highest BCUT2D eigenvalue weighted by Gasteiger charge is 2.25. The summed E-state index contributed by atoms with van der Waals surface area (Å²) in [4.78, 5) is 31.8. The van der Waals surface area contributed by atoms with Crippen molar-refractivity contribution in [1.82, 2.24) is 0 Å². The summed E-state index contributed by atoms with van der Waals surface area (Å²) in [7, 11) is 0. The lowest BCUT2D eigenvalue weighted by Crippen LogP contribution is -2.17. The highest BCUT2D eigenvalue weighted by molar-refractivity contribution is 6.13. The fraction of sp³-hybridized carbons (Fsp3) is 0. The first-order valence-electron chi connectivity index (χ1n) is 16.5. The van der Waals surface area contributed by atoms with Gasteiger partial charge in [0, 0.05) is 33.6 Å². The van der Waals surface area contributed by atoms with Gasteiger partial charge in [0.2, 0.25) is 0 Å². The molecule has 2 aliphatic rings. The Hall–Kier alpha value is -6.92. The lowest BCUT2D eigenvalue weighted by Gasteiger charge is -2.34. The molecule has 0 radical (unpaired) electrons. The zero-order chi connectivity index (χ0) is 33.6. The maximum Gasteiger partial charge on any atom is 0.193 e. The Balaban J connectivity index is 0.969. The number of nitrogens with one attached hydrogen (secondary N) is 2. The summed E-state index contributed by atoms with van der Waals surface area (Å²) in [5, 5.41) is 7.03. The van der Waals surface area contributed by atoms with Crippen LogP contribution in [0.5, 0.6) is 0 Å². The van der Waals surface area contributed by atoms with Crippen LogP contribution < -0.4 is 20.4 Å². The minimum absolute atomic E-state index is 0.140. The lowest BCUT2D eigenvalue weighted by atomic mass is 9.97. The first-order chi connectivity index (χ1) is 24.6. The SMILES string of the molecule is O=C(c1ccc(N2c3ccccc3Nc3ccccc32)cc1)c1cccc(C(=O)c2ccc(N3c4ccccc4Nc4ccccc43)cc2)c1. The van der Waals surface area contributed by atoms with Crippen molar-refractivity contribution >= 4 is 68.4 Å². The van der Waals surface area contributed by atoms with Crippen molar-refractivity contribution in [1.29, 1.82) is 0 Å². The lowest BCUT2D eigenvalue weighted by molar-refractivity contribution is 0.103. The second-order valence-electron chi connectivity index (χ2n) is 12.3. The third-order valence-corrected chi connectivity index (χ3v) is 9.28. The number of anilines is 10. The molecule has 0 saturated carbocycles. The third kappa shape index (κ3) is 4.98. The van der Waals surface area contributed by atoms with E-state index in [-0.39, 0.29) is 11.6 Å². The van der Waals surface area contributed by atoms with Crippen LogP contribution >= 0.6 is 0 Å². The van der Waals surface area contributed by atoms with E-state index in [0.29, 0.717) is 22.3 Å². The minimum atomic E-state index is -0.140. The van der Waals surface area contributed by atoms with Gasteiger partial charge in [-0.05, 0) is 103 Å². The maximum absolute atomic E-state index is 13.7. The second kappa shape index (κ2) is 12.0. The first-order valence-corrected chi connectivity index (χ1v) is 16.5. The Bertz CT molecular complexity index is 2180. The van der Waals surface area contributed by atoms with Gasteiger partial charge in [-0.15, -0.1) is 0 Å². The van der Waals surface area contributed by atoms with Crippen LogP contribution in [0.1, 0.15) is 31.8 Å². The topological polar surface area (TPSA) is 64.7 Å². The Morgan fingerprint density at radius 1 is 0.340 bits per heavy atom. The average molecular weight is 647 g/mol. The number of fused-ring (bicyclic) bond motifs is 4. The van der Waals surface area contributed by atoms with Gasteiger partial charge in [0.05, 0.1) is 45.5 Å². The molecule has 0 bridgehead atoms. The number of nitrogens with zero attached hydrogens (tertiary/aromatic N) is 2. The maximum atomic E-state index is 13.7. The van der Waals surface area contributed by atoms with Crippen LogP contribution in [0.25, 0.3) is 0 Å². The standard InChI is InChI=1S/C44H30N4O2/c49-43(29-20-24-33(25-21-29)47-39-16-5-1-12-35(39)45-36-13-2-6-17-40(36)47)31-10-9-11-32(28-31)44(50)30-22-26-34(27-23-30)48-41-18-7-3-14-37(41)46-38-15-4-8-19-42(38)48/h1-28,45-46H. The number of carbonyl (C=O) groups excluding carboxylic acids is 2. The Kier molecular flexibility index (Phi) is 6.99. The molecular weight excluding hydrogens is 617 g/mol. The number of ketones is 2. The molecule has 0 unspecified atom stereocenters. The number of rotatable bonds is 6. The van der Waals surface area contributed by atoms with Gasteiger partial charge in [-0.25, -0.2) is 0 Å². The fourth-order valence-electron chi connectivity index (χ4n) is 6.86. The van der Waals surface area contributed by atoms with Crippen molar-refractivity contribution < 1.29 is 9.59 Å². The number of benzene rings is 7. The van der Waals surface area contributed by atoms with Crippen molar-refractivity contribution in [3.63, 3.8) is 0 Å². The Labute approximate surface area is 289 Å². The van der Waals surface area contributed by atoms with Gasteiger partial charge >= 0.3 is 0 Å². The molecular formula is C44H30N4O2. The molecule has 0 spiro atoms. The molecule has 0 saturated heterocycles. The zero-order valence-electron chi connectivity index (χ0n) is 26.9. The molecule has 0 aliphatic carbocycles. The van der Waals surface area contributed by atoms with Gasteiger partial charge in [0.1, 0.15) is 0 Å². The van der Waals surface area contributed by atoms with E-state index in [1.807, 2.05) is 97.1 Å². The fourth-order valence-corrected chi connectivity index (χ4v) is 6.86. The highest BCUT2D eigenvalue weighted by Crippen LogP contribution is 2.49. The van der Waals surface area contributed by atoms with Gasteiger partial charge in [0.15, 0.2) is 11.6 Å². The van der Waals surface area contributed by atoms with Gasteiger partial charge in [0.25, 0.3) is 0 Å². The van der Waals surface area contributed by atoms with Crippen LogP contribution in [0.15, 0.2) is 170 Å². The van der Waals surface area contributed by atoms with E-state index in [1.165, 1.54) is 0 Å². The van der Waals surface area contributed by atoms with E-state index >= 15 is 0 Å². The van der Waals surface area contributed by atoms with Gasteiger partial charge in [-0.1, -0.05) is 66.7 Å². The summed E-state index contributed by atoms with van der Waals surface area (Å²) < 4.78 is 0. The summed E-state index contributed by atoms with van der Waals surface area (Å²) >= 11 is 0. The summed E-state index contributed by atoms with van der Waals surface area (Å²) in [6.45, 7) is 0. The number of hydrogen-bond acceptors (Lipinski definition) is 6. The van der Waals surface area contributed by atoms with Gasteiger partial charge in [-0.3, -0.25) is 9.59 Å². The molecule has 6 heteroatoms. The monoisotopic (exact) mass is 646 g/mol. The Morgan fingerprint density at radius 3 is 1.00 bits per heavy atom. The molecule has 238 valence electrons. The first kappa shape index (κ1) is 29.2. The predicted molar refractivity (Wildman–Crippen MR) is 202 cm³/mol. The normalized spacial score (nSPS) is 12.4. The number of carbonyl (C=O) groups is 2. The van der Waals surface area contributed by atoms with E-state index in [1.54, 1.807) is 24.3 Å². The quantitative estimate of drug-likeness (QED) is 0.175. The zero-order valence-corrected chi connectivity index (χ0v) is 26.9. The van der Waals surface area contributed by atoms with Crippen molar-refractivity contribution in [2.75, 3.05) is 20.4 Å². The predicted octanol–water partition coefficient (Wildman–Crippen LogP) is 11.2. The molecule has 2 N–H and O–H groups in total. The molecule has 6 nitrogen and oxygen atoms in total. The number of hydrogen-bond donors (Lipinski definition) is 2. The highest BCUT2D eigenvalue weighted by atomic mass is 16.1. The minimum Gasteiger partial charge on any atom is -0.352 e. The number of para-hydroxylation sites is 8. The van der Waals surface area contributed by atoms with Crippen LogP contribution in [0.3, 0.4) is 0 Å². The van der Waals surface area contributed by atoms with Crippen LogP contribution in [0, 0.1) is 0 Å². The van der Waals surface area contributed by atoms with Crippen LogP contribution in [0.2, 0.25) is 0 Å². The van der Waals surface area contributed by atoms with E-state index < -0.39 is 0 Å². The second-order valence-corrected chi connectivity index (χ2v) is 12.3. The van der Waals surface area contributed by atoms with Crippen LogP contribution in [-0.4, -0.2) is 11.6 Å². The van der Waals surface area contributed by atoms with Gasteiger partial charge in [-0.2, -0.15) is 0 Å². The van der Waals surface area contributed by atoms with E-state index in [4.69, 9.17) is 0 Å². The Morgan fingerprint density at radius 2 is 0.660 bits per heavy atom. The molecule has 50 heavy (non-hydrogen) atoms. The average Bonchev–Trinajstić information content (AvgIpc) is 3.18. The van der Waals surface area contributed by atoms with Crippen molar-refractivity contribution in [2.24, 2.45) is 0 Å². The van der Waals surface area contributed by atoms with Crippen molar-refractivity contribution in [3.05, 3.63) is 192 Å². The summed E-state index contributed by atoms with van der Waals surface area (Å²) in [5.41, 5.74) is 12.1. The smallest absolute Gasteiger partial charge is 0.193 e. The molecule has 0 fully saturated rings. The van der Waals surface area contributed by atoms with Crippen LogP contribution in [0.4, 0.5) is 56.9 Å². The molecule has 0 amide bonds. The summed E-state index contributed by atoms with van der Waals surface area (Å²) in [6.07, 6.45) is 0. The molecule has 0 atom stereocenters. The largest absolute Gasteiger partial charge is 0.352 e.